The monoisotopic (exact) mass is 368 g/mol. The third-order valence-electron chi connectivity index (χ3n) is 3.47. The molecule has 7 nitrogen and oxygen atoms in total. The molecule has 2 amide bonds. The number of carbonyl (C=O) groups is 2. The molecule has 2 rings (SSSR count). The zero-order valence-corrected chi connectivity index (χ0v) is 14.2. The molecule has 0 atom stereocenters. The second-order valence-corrected chi connectivity index (χ2v) is 5.31. The van der Waals surface area contributed by atoms with Crippen LogP contribution in [0.2, 0.25) is 0 Å². The summed E-state index contributed by atoms with van der Waals surface area (Å²) < 4.78 is 38.8. The number of rotatable bonds is 8. The topological polar surface area (TPSA) is 81.0 Å². The normalized spacial score (nSPS) is 10.5. The summed E-state index contributed by atoms with van der Waals surface area (Å²) in [4.78, 5) is 25.3. The second-order valence-electron chi connectivity index (χ2n) is 5.31. The molecular formula is C17H18F2N2O5. The van der Waals surface area contributed by atoms with Gasteiger partial charge in [0.2, 0.25) is 5.91 Å². The van der Waals surface area contributed by atoms with E-state index in [0.29, 0.717) is 11.1 Å². The number of nitrogens with zero attached hydrogens (tertiary/aromatic N) is 1. The van der Waals surface area contributed by atoms with Crippen LogP contribution in [-0.4, -0.2) is 44.0 Å². The van der Waals surface area contributed by atoms with Gasteiger partial charge in [0.05, 0.1) is 25.5 Å². The van der Waals surface area contributed by atoms with Gasteiger partial charge in [-0.2, -0.15) is 8.78 Å². The number of furan rings is 1. The lowest BCUT2D eigenvalue weighted by atomic mass is 10.2. The van der Waals surface area contributed by atoms with Crippen molar-refractivity contribution in [2.24, 2.45) is 0 Å². The first-order valence-electron chi connectivity index (χ1n) is 7.56. The number of likely N-dealkylation sites (N-methyl/N-ethyl adjacent to an activating group) is 1. The molecule has 9 heteroatoms. The number of carbonyl (C=O) groups excluding carboxylic acids is 2. The van der Waals surface area contributed by atoms with Crippen molar-refractivity contribution < 1.29 is 32.3 Å². The van der Waals surface area contributed by atoms with Crippen molar-refractivity contribution in [1.29, 1.82) is 0 Å². The van der Waals surface area contributed by atoms with E-state index < -0.39 is 12.5 Å². The lowest BCUT2D eigenvalue weighted by Gasteiger charge is -2.18. The molecule has 0 radical (unpaired) electrons. The van der Waals surface area contributed by atoms with E-state index in [4.69, 9.17) is 9.15 Å². The standard InChI is InChI=1S/C17H18F2N2O5/c1-21(15(22)8-20-16(23)12-5-6-25-10-12)9-11-3-4-13(26-17(18)19)14(7-11)24-2/h3-7,10,17H,8-9H2,1-2H3,(H,20,23). The van der Waals surface area contributed by atoms with Crippen LogP contribution in [0.5, 0.6) is 11.5 Å². The Morgan fingerprint density at radius 1 is 1.27 bits per heavy atom. The highest BCUT2D eigenvalue weighted by Crippen LogP contribution is 2.29. The zero-order chi connectivity index (χ0) is 19.1. The Morgan fingerprint density at radius 3 is 2.65 bits per heavy atom. The summed E-state index contributed by atoms with van der Waals surface area (Å²) >= 11 is 0. The fourth-order valence-corrected chi connectivity index (χ4v) is 2.15. The lowest BCUT2D eigenvalue weighted by Crippen LogP contribution is -2.37. The number of hydrogen-bond donors (Lipinski definition) is 1. The molecule has 0 fully saturated rings. The Labute approximate surface area is 148 Å². The highest BCUT2D eigenvalue weighted by atomic mass is 19.3. The van der Waals surface area contributed by atoms with Crippen molar-refractivity contribution >= 4 is 11.8 Å². The first kappa shape index (κ1) is 19.2. The predicted octanol–water partition coefficient (Wildman–Crippen LogP) is 2.28. The molecule has 2 aromatic rings. The van der Waals surface area contributed by atoms with E-state index in [1.54, 1.807) is 13.1 Å². The molecule has 0 saturated carbocycles. The van der Waals surface area contributed by atoms with E-state index >= 15 is 0 Å². The van der Waals surface area contributed by atoms with Gasteiger partial charge in [-0.25, -0.2) is 0 Å². The maximum Gasteiger partial charge on any atom is 0.387 e. The van der Waals surface area contributed by atoms with Crippen LogP contribution in [0.25, 0.3) is 0 Å². The van der Waals surface area contributed by atoms with Crippen molar-refractivity contribution in [1.82, 2.24) is 10.2 Å². The summed E-state index contributed by atoms with van der Waals surface area (Å²) in [6.07, 6.45) is 2.64. The highest BCUT2D eigenvalue weighted by molar-refractivity contribution is 5.96. The van der Waals surface area contributed by atoms with Crippen LogP contribution < -0.4 is 14.8 Å². The Kier molecular flexibility index (Phi) is 6.54. The van der Waals surface area contributed by atoms with E-state index in [1.165, 1.54) is 42.7 Å². The second kappa shape index (κ2) is 8.84. The average Bonchev–Trinajstić information content (AvgIpc) is 3.14. The number of alkyl halides is 2. The van der Waals surface area contributed by atoms with Gasteiger partial charge in [-0.1, -0.05) is 6.07 Å². The molecule has 0 aliphatic carbocycles. The van der Waals surface area contributed by atoms with Gasteiger partial charge in [0.15, 0.2) is 11.5 Å². The molecule has 1 heterocycles. The fraction of sp³-hybridized carbons (Fsp3) is 0.294. The van der Waals surface area contributed by atoms with Crippen LogP contribution in [0.1, 0.15) is 15.9 Å². The van der Waals surface area contributed by atoms with Gasteiger partial charge in [0.25, 0.3) is 5.91 Å². The van der Waals surface area contributed by atoms with Crippen molar-refractivity contribution in [3.05, 3.63) is 47.9 Å². The van der Waals surface area contributed by atoms with Crippen LogP contribution in [0.15, 0.2) is 41.2 Å². The summed E-state index contributed by atoms with van der Waals surface area (Å²) in [5.74, 6) is -0.700. The fourth-order valence-electron chi connectivity index (χ4n) is 2.15. The predicted molar refractivity (Wildman–Crippen MR) is 87.1 cm³/mol. The quantitative estimate of drug-likeness (QED) is 0.773. The van der Waals surface area contributed by atoms with Crippen molar-refractivity contribution in [2.75, 3.05) is 20.7 Å². The first-order chi connectivity index (χ1) is 12.4. The maximum atomic E-state index is 12.3. The Balaban J connectivity index is 1.92. The van der Waals surface area contributed by atoms with Crippen LogP contribution in [-0.2, 0) is 11.3 Å². The summed E-state index contributed by atoms with van der Waals surface area (Å²) in [5, 5.41) is 2.49. The van der Waals surface area contributed by atoms with Crippen molar-refractivity contribution in [3.8, 4) is 11.5 Å². The molecule has 0 unspecified atom stereocenters. The number of ether oxygens (including phenoxy) is 2. The van der Waals surface area contributed by atoms with E-state index in [1.807, 2.05) is 0 Å². The summed E-state index contributed by atoms with van der Waals surface area (Å²) in [7, 11) is 2.89. The van der Waals surface area contributed by atoms with Gasteiger partial charge in [0, 0.05) is 13.6 Å². The zero-order valence-electron chi connectivity index (χ0n) is 14.2. The van der Waals surface area contributed by atoms with Gasteiger partial charge in [0.1, 0.15) is 6.26 Å². The minimum absolute atomic E-state index is 0.0902. The Hall–Kier alpha value is -3.10. The molecule has 1 aromatic heterocycles. The molecule has 0 spiro atoms. The SMILES string of the molecule is COc1cc(CN(C)C(=O)CNC(=O)c2ccoc2)ccc1OC(F)F. The smallest absolute Gasteiger partial charge is 0.387 e. The number of hydrogen-bond acceptors (Lipinski definition) is 5. The number of benzene rings is 1. The number of amides is 2. The van der Waals surface area contributed by atoms with Gasteiger partial charge in [-0.3, -0.25) is 9.59 Å². The minimum atomic E-state index is -2.96. The van der Waals surface area contributed by atoms with Gasteiger partial charge in [-0.15, -0.1) is 0 Å². The number of methoxy groups -OCH3 is 1. The van der Waals surface area contributed by atoms with E-state index in [-0.39, 0.29) is 30.5 Å². The van der Waals surface area contributed by atoms with Crippen LogP contribution >= 0.6 is 0 Å². The highest BCUT2D eigenvalue weighted by Gasteiger charge is 2.15. The molecule has 140 valence electrons. The molecule has 26 heavy (non-hydrogen) atoms. The number of nitrogens with one attached hydrogen (secondary N) is 1. The van der Waals surface area contributed by atoms with Crippen LogP contribution in [0, 0.1) is 0 Å². The van der Waals surface area contributed by atoms with E-state index in [9.17, 15) is 18.4 Å². The largest absolute Gasteiger partial charge is 0.493 e. The lowest BCUT2D eigenvalue weighted by molar-refractivity contribution is -0.129. The molecule has 1 N–H and O–H groups in total. The molecule has 0 saturated heterocycles. The van der Waals surface area contributed by atoms with Crippen molar-refractivity contribution in [2.45, 2.75) is 13.2 Å². The van der Waals surface area contributed by atoms with E-state index in [0.717, 1.165) is 0 Å². The van der Waals surface area contributed by atoms with Crippen LogP contribution in [0.4, 0.5) is 8.78 Å². The van der Waals surface area contributed by atoms with Gasteiger partial charge < -0.3 is 24.1 Å². The molecular weight excluding hydrogens is 350 g/mol. The maximum absolute atomic E-state index is 12.3. The molecule has 0 bridgehead atoms. The average molecular weight is 368 g/mol. The molecule has 0 aliphatic heterocycles. The molecule has 0 aliphatic rings. The van der Waals surface area contributed by atoms with Gasteiger partial charge >= 0.3 is 6.61 Å². The summed E-state index contributed by atoms with van der Waals surface area (Å²) in [6.45, 7) is -2.95. The summed E-state index contributed by atoms with van der Waals surface area (Å²) in [5.41, 5.74) is 0.972. The van der Waals surface area contributed by atoms with E-state index in [2.05, 4.69) is 10.1 Å². The third-order valence-corrected chi connectivity index (χ3v) is 3.47. The number of halogens is 2. The van der Waals surface area contributed by atoms with Gasteiger partial charge in [-0.05, 0) is 23.8 Å². The Bertz CT molecular complexity index is 750. The van der Waals surface area contributed by atoms with Crippen molar-refractivity contribution in [3.63, 3.8) is 0 Å². The van der Waals surface area contributed by atoms with Crippen LogP contribution in [0.3, 0.4) is 0 Å². The first-order valence-corrected chi connectivity index (χ1v) is 7.56. The summed E-state index contributed by atoms with van der Waals surface area (Å²) in [6, 6.07) is 5.89. The Morgan fingerprint density at radius 2 is 2.04 bits per heavy atom. The minimum Gasteiger partial charge on any atom is -0.493 e. The molecule has 1 aromatic carbocycles. The third kappa shape index (κ3) is 5.20.